The zero-order valence-electron chi connectivity index (χ0n) is 7.60. The fourth-order valence-electron chi connectivity index (χ4n) is 1.86. The molecule has 0 unspecified atom stereocenters. The highest BCUT2D eigenvalue weighted by molar-refractivity contribution is 5.85. The zero-order valence-corrected chi connectivity index (χ0v) is 8.41. The molecule has 0 atom stereocenters. The van der Waals surface area contributed by atoms with E-state index >= 15 is 0 Å². The molecule has 1 fully saturated rings. The minimum Gasteiger partial charge on any atom is -0.328 e. The van der Waals surface area contributed by atoms with Crippen LogP contribution >= 0.6 is 12.4 Å². The summed E-state index contributed by atoms with van der Waals surface area (Å²) in [5.74, 6) is 0. The van der Waals surface area contributed by atoms with Crippen molar-refractivity contribution < 1.29 is 0 Å². The van der Waals surface area contributed by atoms with E-state index in [0.717, 1.165) is 12.8 Å². The van der Waals surface area contributed by atoms with E-state index in [2.05, 4.69) is 9.78 Å². The lowest BCUT2D eigenvalue weighted by atomic mass is 9.92. The lowest BCUT2D eigenvalue weighted by molar-refractivity contribution is 0.304. The van der Waals surface area contributed by atoms with Gasteiger partial charge in [-0.15, -0.1) is 12.4 Å². The molecule has 0 amide bonds. The molecule has 0 aromatic carbocycles. The van der Waals surface area contributed by atoms with E-state index in [1.165, 1.54) is 12.8 Å². The highest BCUT2D eigenvalue weighted by Gasteiger charge is 2.19. The van der Waals surface area contributed by atoms with Gasteiger partial charge in [-0.25, -0.2) is 0 Å². The third kappa shape index (κ3) is 2.45. The Balaban J connectivity index is 0.000000845. The van der Waals surface area contributed by atoms with Crippen molar-refractivity contribution in [3.63, 3.8) is 0 Å². The highest BCUT2D eigenvalue weighted by Crippen LogP contribution is 2.26. The molecule has 0 bridgehead atoms. The van der Waals surface area contributed by atoms with E-state index in [4.69, 9.17) is 5.73 Å². The lowest BCUT2D eigenvalue weighted by Gasteiger charge is -2.26. The summed E-state index contributed by atoms with van der Waals surface area (Å²) in [7, 11) is 0. The molecule has 1 aliphatic rings. The molecule has 13 heavy (non-hydrogen) atoms. The van der Waals surface area contributed by atoms with Crippen LogP contribution in [0.4, 0.5) is 0 Å². The Morgan fingerprint density at radius 1 is 1.23 bits per heavy atom. The average Bonchev–Trinajstić information content (AvgIpc) is 2.58. The molecule has 4 heteroatoms. The molecule has 2 rings (SSSR count). The molecule has 1 aromatic heterocycles. The molecule has 1 aliphatic carbocycles. The smallest absolute Gasteiger partial charge is 0.0520 e. The van der Waals surface area contributed by atoms with E-state index in [9.17, 15) is 0 Å². The summed E-state index contributed by atoms with van der Waals surface area (Å²) in [6.07, 6.45) is 8.54. The summed E-state index contributed by atoms with van der Waals surface area (Å²) in [4.78, 5) is 0. The largest absolute Gasteiger partial charge is 0.328 e. The summed E-state index contributed by atoms with van der Waals surface area (Å²) in [6, 6.07) is 3.01. The minimum absolute atomic E-state index is 0. The third-order valence-corrected chi connectivity index (χ3v) is 2.64. The van der Waals surface area contributed by atoms with Gasteiger partial charge < -0.3 is 5.73 Å². The maximum Gasteiger partial charge on any atom is 0.0520 e. The normalized spacial score (nSPS) is 28.1. The molecule has 0 spiro atoms. The summed E-state index contributed by atoms with van der Waals surface area (Å²) in [5, 5.41) is 4.24. The SMILES string of the molecule is Cl.N[C@H]1CC[C@H](n2cccn2)CC1. The second-order valence-electron chi connectivity index (χ2n) is 3.55. The second-order valence-corrected chi connectivity index (χ2v) is 3.55. The highest BCUT2D eigenvalue weighted by atomic mass is 35.5. The number of nitrogens with two attached hydrogens (primary N) is 1. The van der Waals surface area contributed by atoms with Crippen LogP contribution < -0.4 is 5.73 Å². The molecule has 0 radical (unpaired) electrons. The quantitative estimate of drug-likeness (QED) is 0.753. The van der Waals surface area contributed by atoms with Gasteiger partial charge in [0, 0.05) is 18.4 Å². The fraction of sp³-hybridized carbons (Fsp3) is 0.667. The van der Waals surface area contributed by atoms with Gasteiger partial charge in [-0.05, 0) is 31.7 Å². The van der Waals surface area contributed by atoms with Crippen LogP contribution in [0.15, 0.2) is 18.5 Å². The Kier molecular flexibility index (Phi) is 3.75. The first-order chi connectivity index (χ1) is 5.86. The van der Waals surface area contributed by atoms with Gasteiger partial charge in [0.2, 0.25) is 0 Å². The molecular formula is C9H16ClN3. The molecule has 1 aromatic rings. The fourth-order valence-corrected chi connectivity index (χ4v) is 1.86. The summed E-state index contributed by atoms with van der Waals surface area (Å²) in [6.45, 7) is 0. The van der Waals surface area contributed by atoms with Gasteiger partial charge in [0.05, 0.1) is 6.04 Å². The first-order valence-electron chi connectivity index (χ1n) is 4.61. The van der Waals surface area contributed by atoms with Gasteiger partial charge in [-0.3, -0.25) is 4.68 Å². The molecule has 0 aliphatic heterocycles. The third-order valence-electron chi connectivity index (χ3n) is 2.64. The van der Waals surface area contributed by atoms with Crippen LogP contribution in [-0.2, 0) is 0 Å². The lowest BCUT2D eigenvalue weighted by Crippen LogP contribution is -2.27. The Hall–Kier alpha value is -0.540. The van der Waals surface area contributed by atoms with Gasteiger partial charge in [-0.2, -0.15) is 5.10 Å². The van der Waals surface area contributed by atoms with Crippen molar-refractivity contribution >= 4 is 12.4 Å². The molecule has 1 saturated carbocycles. The standard InChI is InChI=1S/C9H15N3.ClH/c10-8-2-4-9(5-3-8)12-7-1-6-11-12;/h1,6-9H,2-5,10H2;1H/t8-,9-;. The van der Waals surface area contributed by atoms with Crippen molar-refractivity contribution in [2.75, 3.05) is 0 Å². The van der Waals surface area contributed by atoms with E-state index in [-0.39, 0.29) is 12.4 Å². The Bertz CT molecular complexity index is 227. The van der Waals surface area contributed by atoms with Crippen molar-refractivity contribution in [2.24, 2.45) is 5.73 Å². The average molecular weight is 202 g/mol. The van der Waals surface area contributed by atoms with Gasteiger partial charge >= 0.3 is 0 Å². The Labute approximate surface area is 84.7 Å². The minimum atomic E-state index is 0. The topological polar surface area (TPSA) is 43.8 Å². The maximum atomic E-state index is 5.82. The van der Waals surface area contributed by atoms with Crippen molar-refractivity contribution in [3.05, 3.63) is 18.5 Å². The predicted octanol–water partition coefficient (Wildman–Crippen LogP) is 1.75. The number of hydrogen-bond donors (Lipinski definition) is 1. The first kappa shape index (κ1) is 10.5. The van der Waals surface area contributed by atoms with Crippen molar-refractivity contribution in [2.45, 2.75) is 37.8 Å². The van der Waals surface area contributed by atoms with E-state index in [1.807, 2.05) is 18.5 Å². The summed E-state index contributed by atoms with van der Waals surface area (Å²) in [5.41, 5.74) is 5.82. The van der Waals surface area contributed by atoms with Crippen LogP contribution in [-0.4, -0.2) is 15.8 Å². The molecule has 74 valence electrons. The Morgan fingerprint density at radius 2 is 1.92 bits per heavy atom. The van der Waals surface area contributed by atoms with Crippen LogP contribution in [0.25, 0.3) is 0 Å². The first-order valence-corrected chi connectivity index (χ1v) is 4.61. The zero-order chi connectivity index (χ0) is 8.39. The van der Waals surface area contributed by atoms with Gasteiger partial charge in [-0.1, -0.05) is 0 Å². The van der Waals surface area contributed by atoms with E-state index in [1.54, 1.807) is 0 Å². The van der Waals surface area contributed by atoms with Crippen LogP contribution in [0.2, 0.25) is 0 Å². The molecule has 2 N–H and O–H groups in total. The number of halogens is 1. The van der Waals surface area contributed by atoms with Crippen molar-refractivity contribution in [3.8, 4) is 0 Å². The monoisotopic (exact) mass is 201 g/mol. The van der Waals surface area contributed by atoms with E-state index < -0.39 is 0 Å². The molecular weight excluding hydrogens is 186 g/mol. The van der Waals surface area contributed by atoms with E-state index in [0.29, 0.717) is 12.1 Å². The van der Waals surface area contributed by atoms with Crippen molar-refractivity contribution in [1.29, 1.82) is 0 Å². The van der Waals surface area contributed by atoms with Crippen LogP contribution in [0.1, 0.15) is 31.7 Å². The van der Waals surface area contributed by atoms with Crippen LogP contribution in [0, 0.1) is 0 Å². The van der Waals surface area contributed by atoms with Gasteiger partial charge in [0.15, 0.2) is 0 Å². The molecule has 1 heterocycles. The Morgan fingerprint density at radius 3 is 2.46 bits per heavy atom. The van der Waals surface area contributed by atoms with Crippen LogP contribution in [0.3, 0.4) is 0 Å². The number of rotatable bonds is 1. The van der Waals surface area contributed by atoms with Crippen LogP contribution in [0.5, 0.6) is 0 Å². The van der Waals surface area contributed by atoms with Gasteiger partial charge in [0.25, 0.3) is 0 Å². The van der Waals surface area contributed by atoms with Crippen molar-refractivity contribution in [1.82, 2.24) is 9.78 Å². The van der Waals surface area contributed by atoms with Gasteiger partial charge in [0.1, 0.15) is 0 Å². The molecule has 0 saturated heterocycles. The molecule has 3 nitrogen and oxygen atoms in total. The maximum absolute atomic E-state index is 5.82. The summed E-state index contributed by atoms with van der Waals surface area (Å²) >= 11 is 0. The second kappa shape index (κ2) is 4.63. The number of nitrogens with zero attached hydrogens (tertiary/aromatic N) is 2. The number of aromatic nitrogens is 2. The predicted molar refractivity (Wildman–Crippen MR) is 55.0 cm³/mol. The number of hydrogen-bond acceptors (Lipinski definition) is 2. The summed E-state index contributed by atoms with van der Waals surface area (Å²) < 4.78 is 2.06.